The number of carbonyl (C=O) groups is 4. The van der Waals surface area contributed by atoms with Crippen molar-refractivity contribution >= 4 is 41.0 Å². The highest BCUT2D eigenvalue weighted by Gasteiger charge is 2.41. The number of Topliss-reactive ketones (excluding diaryl/α,β-unsaturated/α-hetero) is 1. The molecule has 7 rings (SSSR count). The number of ketones is 1. The molecule has 2 amide bonds. The number of imide groups is 1. The third kappa shape index (κ3) is 6.09. The van der Waals surface area contributed by atoms with Gasteiger partial charge in [0.05, 0.1) is 22.1 Å². The van der Waals surface area contributed by atoms with Crippen LogP contribution in [0.15, 0.2) is 77.8 Å². The van der Waals surface area contributed by atoms with Crippen LogP contribution in [0.2, 0.25) is 0 Å². The van der Waals surface area contributed by atoms with E-state index < -0.39 is 23.7 Å². The number of pyridine rings is 1. The second-order valence-electron chi connectivity index (χ2n) is 12.1. The van der Waals surface area contributed by atoms with Crippen LogP contribution in [0.25, 0.3) is 11.1 Å². The molecule has 0 radical (unpaired) electrons. The summed E-state index contributed by atoms with van der Waals surface area (Å²) in [6, 6.07) is 23.8. The summed E-state index contributed by atoms with van der Waals surface area (Å²) in [5, 5.41) is 9.58. The molecule has 0 bridgehead atoms. The summed E-state index contributed by atoms with van der Waals surface area (Å²) < 4.78 is 5.32. The van der Waals surface area contributed by atoms with Crippen molar-refractivity contribution in [1.82, 2.24) is 4.98 Å². The minimum atomic E-state index is -0.710. The molecule has 1 aromatic heterocycles. The Hall–Kier alpha value is -5.07. The Bertz CT molecular complexity index is 1980. The van der Waals surface area contributed by atoms with Gasteiger partial charge in [-0.05, 0) is 96.3 Å². The first-order valence-electron chi connectivity index (χ1n) is 15.9. The number of anilines is 1. The number of carbonyl (C=O) groups excluding carboxylic acids is 4. The number of ether oxygens (including phenoxy) is 1. The molecule has 1 atom stereocenters. The number of nitrogens with zero attached hydrogens (tertiary/aromatic N) is 3. The molecule has 0 saturated carbocycles. The Balaban J connectivity index is 0.983. The highest BCUT2D eigenvalue weighted by atomic mass is 32.2. The van der Waals surface area contributed by atoms with Crippen LogP contribution in [0.4, 0.5) is 5.69 Å². The number of amides is 2. The highest BCUT2D eigenvalue weighted by molar-refractivity contribution is 8.00. The zero-order chi connectivity index (χ0) is 32.5. The van der Waals surface area contributed by atoms with Gasteiger partial charge in [-0.25, -0.2) is 14.7 Å². The quantitative estimate of drug-likeness (QED) is 0.110. The van der Waals surface area contributed by atoms with Crippen LogP contribution in [0.1, 0.15) is 80.8 Å². The van der Waals surface area contributed by atoms with Crippen molar-refractivity contribution in [3.05, 3.63) is 112 Å². The minimum Gasteiger partial charge on any atom is -0.454 e. The number of fused-ring (bicyclic) bond motifs is 4. The van der Waals surface area contributed by atoms with E-state index in [1.54, 1.807) is 6.07 Å². The summed E-state index contributed by atoms with van der Waals surface area (Å²) in [6.45, 7) is -0.407. The van der Waals surface area contributed by atoms with Gasteiger partial charge >= 0.3 is 5.97 Å². The average Bonchev–Trinajstić information content (AvgIpc) is 3.59. The fraction of sp³-hybridized carbons (Fsp3) is 0.263. The molecule has 8 nitrogen and oxygen atoms in total. The number of aryl methyl sites for hydroxylation is 2. The monoisotopic (exact) mass is 641 g/mol. The summed E-state index contributed by atoms with van der Waals surface area (Å²) in [5.74, 6) is -1.74. The predicted octanol–water partition coefficient (Wildman–Crippen LogP) is 6.65. The largest absolute Gasteiger partial charge is 0.454 e. The molecule has 1 fully saturated rings. The van der Waals surface area contributed by atoms with E-state index in [1.165, 1.54) is 41.8 Å². The Morgan fingerprint density at radius 2 is 1.62 bits per heavy atom. The number of esters is 1. The van der Waals surface area contributed by atoms with Crippen molar-refractivity contribution in [3.8, 4) is 17.2 Å². The van der Waals surface area contributed by atoms with Gasteiger partial charge in [0.25, 0.3) is 0 Å². The van der Waals surface area contributed by atoms with E-state index >= 15 is 0 Å². The van der Waals surface area contributed by atoms with Gasteiger partial charge in [0.2, 0.25) is 11.8 Å². The van der Waals surface area contributed by atoms with Crippen molar-refractivity contribution in [2.45, 2.75) is 61.6 Å². The smallest absolute Gasteiger partial charge is 0.338 e. The summed E-state index contributed by atoms with van der Waals surface area (Å²) in [6.07, 6.45) is 6.88. The maximum atomic E-state index is 13.4. The third-order valence-corrected chi connectivity index (χ3v) is 10.2. The zero-order valence-electron chi connectivity index (χ0n) is 25.7. The fourth-order valence-corrected chi connectivity index (χ4v) is 7.70. The van der Waals surface area contributed by atoms with E-state index in [0.29, 0.717) is 21.8 Å². The van der Waals surface area contributed by atoms with E-state index in [1.807, 2.05) is 30.3 Å². The van der Waals surface area contributed by atoms with Crippen molar-refractivity contribution in [3.63, 3.8) is 0 Å². The molecule has 234 valence electrons. The zero-order valence-corrected chi connectivity index (χ0v) is 26.5. The van der Waals surface area contributed by atoms with Crippen LogP contribution in [-0.2, 0) is 33.6 Å². The maximum Gasteiger partial charge on any atom is 0.338 e. The molecule has 2 aliphatic carbocycles. The van der Waals surface area contributed by atoms with E-state index in [4.69, 9.17) is 9.72 Å². The first-order valence-corrected chi connectivity index (χ1v) is 16.8. The van der Waals surface area contributed by atoms with Gasteiger partial charge in [0.1, 0.15) is 11.1 Å². The van der Waals surface area contributed by atoms with Crippen LogP contribution in [0.5, 0.6) is 0 Å². The second kappa shape index (κ2) is 13.0. The highest BCUT2D eigenvalue weighted by Crippen LogP contribution is 2.38. The molecule has 9 heteroatoms. The van der Waals surface area contributed by atoms with Crippen LogP contribution < -0.4 is 4.90 Å². The lowest BCUT2D eigenvalue weighted by molar-refractivity contribution is -0.121. The summed E-state index contributed by atoms with van der Waals surface area (Å²) >= 11 is 1.16. The van der Waals surface area contributed by atoms with Crippen molar-refractivity contribution in [2.24, 2.45) is 0 Å². The standard InChI is InChI=1S/C38H31N3O5S/c39-21-28-18-25-8-3-1-2-4-10-32(25)40-36(28)47-34-20-35(43)41(37(34)44)29-14-11-23(12-15-29)38(45)46-22-33(42)26-13-16-31-27(19-26)17-24-7-5-6-9-30(24)31/h5-7,9,11-16,18-19,34H,1-4,8,10,17,20,22H2. The molecular formula is C38H31N3O5S. The van der Waals surface area contributed by atoms with Crippen LogP contribution in [0.3, 0.4) is 0 Å². The van der Waals surface area contributed by atoms with Crippen LogP contribution in [-0.4, -0.2) is 40.4 Å². The van der Waals surface area contributed by atoms with Crippen molar-refractivity contribution in [2.75, 3.05) is 11.5 Å². The normalized spacial score (nSPS) is 16.8. The van der Waals surface area contributed by atoms with Crippen molar-refractivity contribution < 1.29 is 23.9 Å². The molecular weight excluding hydrogens is 611 g/mol. The number of aromatic nitrogens is 1. The summed E-state index contributed by atoms with van der Waals surface area (Å²) in [4.78, 5) is 58.0. The number of rotatable bonds is 7. The minimum absolute atomic E-state index is 0.0200. The first-order chi connectivity index (χ1) is 22.9. The van der Waals surface area contributed by atoms with E-state index in [-0.39, 0.29) is 23.7 Å². The first kappa shape index (κ1) is 30.6. The molecule has 0 spiro atoms. The third-order valence-electron chi connectivity index (χ3n) is 9.06. The van der Waals surface area contributed by atoms with E-state index in [9.17, 15) is 24.4 Å². The van der Waals surface area contributed by atoms with Gasteiger partial charge in [0, 0.05) is 17.7 Å². The number of benzene rings is 3. The molecule has 2 heterocycles. The number of thioether (sulfide) groups is 1. The Kier molecular flexibility index (Phi) is 8.44. The van der Waals surface area contributed by atoms with E-state index in [2.05, 4.69) is 18.2 Å². The lowest BCUT2D eigenvalue weighted by atomic mass is 9.96. The number of hydrogen-bond donors (Lipinski definition) is 0. The summed E-state index contributed by atoms with van der Waals surface area (Å²) in [5.41, 5.74) is 8.09. The lowest BCUT2D eigenvalue weighted by Gasteiger charge is -2.17. The molecule has 3 aromatic carbocycles. The molecule has 1 aliphatic heterocycles. The van der Waals surface area contributed by atoms with Crippen LogP contribution in [0, 0.1) is 11.3 Å². The fourth-order valence-electron chi connectivity index (χ4n) is 6.60. The Morgan fingerprint density at radius 1 is 0.872 bits per heavy atom. The molecule has 1 unspecified atom stereocenters. The van der Waals surface area contributed by atoms with Gasteiger partial charge in [-0.3, -0.25) is 14.4 Å². The van der Waals surface area contributed by atoms with E-state index in [0.717, 1.165) is 77.6 Å². The van der Waals surface area contributed by atoms with Gasteiger partial charge in [-0.15, -0.1) is 0 Å². The lowest BCUT2D eigenvalue weighted by Crippen LogP contribution is -2.31. The predicted molar refractivity (Wildman–Crippen MR) is 177 cm³/mol. The Morgan fingerprint density at radius 3 is 2.43 bits per heavy atom. The molecule has 1 saturated heterocycles. The molecule has 47 heavy (non-hydrogen) atoms. The van der Waals surface area contributed by atoms with Gasteiger partial charge in [-0.1, -0.05) is 61.0 Å². The Labute approximate surface area is 276 Å². The van der Waals surface area contributed by atoms with Crippen molar-refractivity contribution in [1.29, 1.82) is 5.26 Å². The second-order valence-corrected chi connectivity index (χ2v) is 13.3. The molecule has 0 N–H and O–H groups in total. The number of hydrogen-bond acceptors (Lipinski definition) is 8. The van der Waals surface area contributed by atoms with Gasteiger partial charge < -0.3 is 4.74 Å². The average molecular weight is 642 g/mol. The number of nitriles is 1. The van der Waals surface area contributed by atoms with Crippen LogP contribution >= 0.6 is 11.8 Å². The maximum absolute atomic E-state index is 13.4. The topological polar surface area (TPSA) is 117 Å². The SMILES string of the molecule is N#Cc1cc2c(nc1SC1CC(=O)N(c3ccc(C(=O)OCC(=O)c4ccc5c(c4)Cc4ccccc4-5)cc3)C1=O)CCCCCC2. The summed E-state index contributed by atoms with van der Waals surface area (Å²) in [7, 11) is 0. The van der Waals surface area contributed by atoms with Gasteiger partial charge in [0.15, 0.2) is 12.4 Å². The molecule has 3 aliphatic rings. The van der Waals surface area contributed by atoms with Gasteiger partial charge in [-0.2, -0.15) is 5.26 Å². The molecule has 4 aromatic rings.